The molecule has 0 amide bonds. The van der Waals surface area contributed by atoms with Gasteiger partial charge in [-0.15, -0.1) is 0 Å². The first kappa shape index (κ1) is 19.3. The van der Waals surface area contributed by atoms with E-state index < -0.39 is 4.92 Å². The molecule has 0 unspecified atom stereocenters. The van der Waals surface area contributed by atoms with E-state index in [2.05, 4.69) is 0 Å². The van der Waals surface area contributed by atoms with E-state index in [0.717, 1.165) is 11.8 Å². The van der Waals surface area contributed by atoms with E-state index in [0.29, 0.717) is 33.4 Å². The van der Waals surface area contributed by atoms with Gasteiger partial charge in [0.2, 0.25) is 11.9 Å². The molecule has 7 heteroatoms. The summed E-state index contributed by atoms with van der Waals surface area (Å²) in [7, 11) is 4.49. The molecule has 0 spiro atoms. The van der Waals surface area contributed by atoms with Crippen molar-refractivity contribution in [1.82, 2.24) is 0 Å². The van der Waals surface area contributed by atoms with Gasteiger partial charge in [-0.2, -0.15) is 0 Å². The Hall–Kier alpha value is -2.99. The smallest absolute Gasteiger partial charge is 0.235 e. The van der Waals surface area contributed by atoms with Crippen LogP contribution in [0.5, 0.6) is 17.2 Å². The first-order valence-electron chi connectivity index (χ1n) is 7.58. The number of nitro groups is 1. The molecule has 0 saturated heterocycles. The monoisotopic (exact) mass is 375 g/mol. The highest BCUT2D eigenvalue weighted by Gasteiger charge is 2.18. The van der Waals surface area contributed by atoms with Crippen molar-refractivity contribution in [2.45, 2.75) is 0 Å². The fraction of sp³-hybridized carbons (Fsp3) is 0.158. The number of hydrogen-bond donors (Lipinski definition) is 0. The molecule has 2 aromatic rings. The van der Waals surface area contributed by atoms with E-state index in [4.69, 9.17) is 25.8 Å². The van der Waals surface area contributed by atoms with Crippen LogP contribution in [0.25, 0.3) is 18.2 Å². The van der Waals surface area contributed by atoms with Gasteiger partial charge >= 0.3 is 0 Å². The quantitative estimate of drug-likeness (QED) is 0.395. The third-order valence-electron chi connectivity index (χ3n) is 3.59. The predicted molar refractivity (Wildman–Crippen MR) is 103 cm³/mol. The second-order valence-electron chi connectivity index (χ2n) is 5.13. The highest BCUT2D eigenvalue weighted by molar-refractivity contribution is 6.30. The first-order chi connectivity index (χ1) is 12.5. The topological polar surface area (TPSA) is 70.8 Å². The van der Waals surface area contributed by atoms with Crippen LogP contribution >= 0.6 is 11.6 Å². The number of benzene rings is 2. The Morgan fingerprint density at radius 3 is 2.15 bits per heavy atom. The van der Waals surface area contributed by atoms with Crippen LogP contribution in [-0.4, -0.2) is 26.3 Å². The van der Waals surface area contributed by atoms with Crippen molar-refractivity contribution >= 4 is 29.8 Å². The average Bonchev–Trinajstić information content (AvgIpc) is 2.64. The zero-order valence-electron chi connectivity index (χ0n) is 14.6. The molecule has 136 valence electrons. The van der Waals surface area contributed by atoms with Crippen molar-refractivity contribution < 1.29 is 19.1 Å². The van der Waals surface area contributed by atoms with Crippen molar-refractivity contribution in [2.24, 2.45) is 0 Å². The lowest BCUT2D eigenvalue weighted by molar-refractivity contribution is -0.400. The maximum Gasteiger partial charge on any atom is 0.235 e. The van der Waals surface area contributed by atoms with E-state index >= 15 is 0 Å². The van der Waals surface area contributed by atoms with Gasteiger partial charge < -0.3 is 14.2 Å². The number of methoxy groups -OCH3 is 3. The number of hydrogen-bond acceptors (Lipinski definition) is 5. The summed E-state index contributed by atoms with van der Waals surface area (Å²) in [4.78, 5) is 10.2. The van der Waals surface area contributed by atoms with Crippen LogP contribution < -0.4 is 14.2 Å². The Kier molecular flexibility index (Phi) is 6.63. The minimum atomic E-state index is -0.532. The molecular weight excluding hydrogens is 358 g/mol. The maximum atomic E-state index is 10.7. The molecule has 0 N–H and O–H groups in total. The second kappa shape index (κ2) is 8.92. The molecule has 0 atom stereocenters. The highest BCUT2D eigenvalue weighted by atomic mass is 35.5. The number of ether oxygens (including phenoxy) is 3. The predicted octanol–water partition coefficient (Wildman–Crippen LogP) is 4.78. The number of rotatable bonds is 7. The summed E-state index contributed by atoms with van der Waals surface area (Å²) < 4.78 is 16.2. The Bertz CT molecular complexity index is 844. The summed E-state index contributed by atoms with van der Waals surface area (Å²) >= 11 is 5.90. The third kappa shape index (κ3) is 4.55. The molecule has 0 saturated carbocycles. The van der Waals surface area contributed by atoms with Crippen LogP contribution in [0.2, 0.25) is 5.02 Å². The average molecular weight is 376 g/mol. The first-order valence-corrected chi connectivity index (χ1v) is 7.96. The SMILES string of the molecule is COc1cc(/C=C/[N+](=O)[O-])c(/C=C/c2ccc(Cl)cc2)c(OC)c1OC. The normalized spacial score (nSPS) is 11.1. The van der Waals surface area contributed by atoms with Crippen molar-refractivity contribution in [1.29, 1.82) is 0 Å². The minimum Gasteiger partial charge on any atom is -0.493 e. The maximum absolute atomic E-state index is 10.7. The Morgan fingerprint density at radius 2 is 1.62 bits per heavy atom. The van der Waals surface area contributed by atoms with Gasteiger partial charge in [0.1, 0.15) is 0 Å². The Labute approximate surface area is 156 Å². The van der Waals surface area contributed by atoms with Crippen molar-refractivity contribution in [3.63, 3.8) is 0 Å². The largest absolute Gasteiger partial charge is 0.493 e. The summed E-state index contributed by atoms with van der Waals surface area (Å²) in [5.74, 6) is 1.24. The molecule has 0 fully saturated rings. The molecule has 26 heavy (non-hydrogen) atoms. The molecule has 6 nitrogen and oxygen atoms in total. The van der Waals surface area contributed by atoms with E-state index in [1.54, 1.807) is 24.3 Å². The second-order valence-corrected chi connectivity index (χ2v) is 5.57. The van der Waals surface area contributed by atoms with E-state index in [-0.39, 0.29) is 0 Å². The summed E-state index contributed by atoms with van der Waals surface area (Å²) in [6.07, 6.45) is 5.89. The number of halogens is 1. The van der Waals surface area contributed by atoms with Crippen LogP contribution in [-0.2, 0) is 0 Å². The third-order valence-corrected chi connectivity index (χ3v) is 3.84. The van der Waals surface area contributed by atoms with Gasteiger partial charge in [0.15, 0.2) is 11.5 Å². The van der Waals surface area contributed by atoms with Gasteiger partial charge in [-0.1, -0.05) is 29.8 Å². The Morgan fingerprint density at radius 1 is 0.962 bits per heavy atom. The van der Waals surface area contributed by atoms with Crippen LogP contribution in [0.3, 0.4) is 0 Å². The summed E-state index contributed by atoms with van der Waals surface area (Å²) in [6.45, 7) is 0. The van der Waals surface area contributed by atoms with Gasteiger partial charge in [-0.25, -0.2) is 0 Å². The van der Waals surface area contributed by atoms with Crippen LogP contribution in [0.4, 0.5) is 0 Å². The summed E-state index contributed by atoms with van der Waals surface area (Å²) in [5, 5.41) is 11.4. The van der Waals surface area contributed by atoms with Crippen LogP contribution in [0, 0.1) is 10.1 Å². The van der Waals surface area contributed by atoms with Crippen molar-refractivity contribution in [3.8, 4) is 17.2 Å². The fourth-order valence-corrected chi connectivity index (χ4v) is 2.53. The van der Waals surface area contributed by atoms with Gasteiger partial charge in [0.25, 0.3) is 0 Å². The van der Waals surface area contributed by atoms with E-state index in [9.17, 15) is 10.1 Å². The van der Waals surface area contributed by atoms with Crippen molar-refractivity contribution in [2.75, 3.05) is 21.3 Å². The van der Waals surface area contributed by atoms with Crippen LogP contribution in [0.15, 0.2) is 36.5 Å². The molecule has 2 rings (SSSR count). The molecule has 0 aliphatic rings. The molecule has 0 aliphatic carbocycles. The summed E-state index contributed by atoms with van der Waals surface area (Å²) in [5.41, 5.74) is 2.09. The van der Waals surface area contributed by atoms with Gasteiger partial charge in [-0.05, 0) is 35.4 Å². The number of nitrogens with zero attached hydrogens (tertiary/aromatic N) is 1. The molecule has 0 aromatic heterocycles. The minimum absolute atomic E-state index is 0.406. The fourth-order valence-electron chi connectivity index (χ4n) is 2.40. The van der Waals surface area contributed by atoms with Gasteiger partial charge in [-0.3, -0.25) is 10.1 Å². The van der Waals surface area contributed by atoms with Crippen molar-refractivity contribution in [3.05, 3.63) is 68.4 Å². The molecule has 0 aliphatic heterocycles. The van der Waals surface area contributed by atoms with Gasteiger partial charge in [0, 0.05) is 16.7 Å². The zero-order chi connectivity index (χ0) is 19.1. The summed E-state index contributed by atoms with van der Waals surface area (Å²) in [6, 6.07) is 8.93. The Balaban J connectivity index is 2.62. The van der Waals surface area contributed by atoms with Crippen LogP contribution in [0.1, 0.15) is 16.7 Å². The zero-order valence-corrected chi connectivity index (χ0v) is 15.3. The lowest BCUT2D eigenvalue weighted by atomic mass is 10.0. The molecule has 0 heterocycles. The molecular formula is C19H18ClNO5. The molecule has 0 bridgehead atoms. The van der Waals surface area contributed by atoms with E-state index in [1.165, 1.54) is 27.4 Å². The molecule has 2 aromatic carbocycles. The lowest BCUT2D eigenvalue weighted by Gasteiger charge is -2.16. The lowest BCUT2D eigenvalue weighted by Crippen LogP contribution is -1.99. The molecule has 0 radical (unpaired) electrons. The highest BCUT2D eigenvalue weighted by Crippen LogP contribution is 2.43. The van der Waals surface area contributed by atoms with E-state index in [1.807, 2.05) is 18.2 Å². The van der Waals surface area contributed by atoms with Gasteiger partial charge in [0.05, 0.1) is 26.3 Å². The standard InChI is InChI=1S/C19H18ClNO5/c1-24-17-12-14(10-11-21(22)23)16(18(25-2)19(17)26-3)9-6-13-4-7-15(20)8-5-13/h4-12H,1-3H3/b9-6+,11-10+.